The average molecular weight is 785 g/mol. The normalized spacial score (nSPS) is 11.4. The van der Waals surface area contributed by atoms with Gasteiger partial charge < -0.3 is 14.2 Å². The molecule has 0 unspecified atom stereocenters. The molecule has 4 heteroatoms. The molecule has 258 valence electrons. The monoisotopic (exact) mass is 784 g/mol. The molecule has 1 aliphatic heterocycles. The molecule has 0 radical (unpaired) electrons. The molecule has 0 aliphatic carbocycles. The second-order valence-electron chi connectivity index (χ2n) is 10.7. The highest BCUT2D eigenvalue weighted by Crippen LogP contribution is 2.31. The van der Waals surface area contributed by atoms with Crippen LogP contribution in [0, 0.1) is 0 Å². The summed E-state index contributed by atoms with van der Waals surface area (Å²) in [6.07, 6.45) is 4.23. The Hall–Kier alpha value is -5.46. The molecule has 1 aliphatic rings. The van der Waals surface area contributed by atoms with Gasteiger partial charge in [-0.25, -0.2) is 0 Å². The van der Waals surface area contributed by atoms with Gasteiger partial charge in [-0.3, -0.25) is 0 Å². The minimum atomic E-state index is -0.361. The van der Waals surface area contributed by atoms with Crippen molar-refractivity contribution in [1.82, 2.24) is 0 Å². The number of allylic oxidation sites excluding steroid dienone is 3. The minimum absolute atomic E-state index is 0.361. The predicted molar refractivity (Wildman–Crippen MR) is 229 cm³/mol. The van der Waals surface area contributed by atoms with Crippen LogP contribution in [0.1, 0.15) is 49.9 Å². The third kappa shape index (κ3) is 10.8. The lowest BCUT2D eigenvalue weighted by molar-refractivity contribution is 0.416. The first-order chi connectivity index (χ1) is 24.9. The Morgan fingerprint density at radius 2 is 0.824 bits per heavy atom. The molecule has 0 fully saturated rings. The number of hydrogen-bond donors (Lipinski definition) is 0. The summed E-state index contributed by atoms with van der Waals surface area (Å²) in [5.41, 5.74) is 7.35. The molecule has 6 rings (SSSR count). The van der Waals surface area contributed by atoms with Crippen LogP contribution in [-0.2, 0) is 9.47 Å². The smallest absolute Gasteiger partial charge is 0.133 e. The van der Waals surface area contributed by atoms with Crippen molar-refractivity contribution in [3.05, 3.63) is 204 Å². The maximum absolute atomic E-state index is 6.08. The molecule has 0 atom stereocenters. The minimum Gasteiger partial charge on any atom is -0.457 e. The van der Waals surface area contributed by atoms with E-state index in [-0.39, 0.29) is 20.7 Å². The van der Waals surface area contributed by atoms with E-state index in [1.807, 2.05) is 113 Å². The highest BCUT2D eigenvalue weighted by atomic mass is 127. The Morgan fingerprint density at radius 1 is 0.431 bits per heavy atom. The van der Waals surface area contributed by atoms with Gasteiger partial charge in [0, 0.05) is 20.2 Å². The summed E-state index contributed by atoms with van der Waals surface area (Å²) in [6, 6.07) is 44.0. The van der Waals surface area contributed by atoms with Gasteiger partial charge in [-0.2, -0.15) is 0 Å². The van der Waals surface area contributed by atoms with Gasteiger partial charge in [0.2, 0.25) is 0 Å². The molecular formula is C47H45IO3. The topological polar surface area (TPSA) is 27.7 Å². The quantitative estimate of drug-likeness (QED) is 0.0931. The van der Waals surface area contributed by atoms with Gasteiger partial charge in [0.25, 0.3) is 0 Å². The molecule has 0 amide bonds. The van der Waals surface area contributed by atoms with Crippen molar-refractivity contribution in [2.45, 2.75) is 27.7 Å². The second kappa shape index (κ2) is 19.7. The molecule has 0 saturated carbocycles. The van der Waals surface area contributed by atoms with Gasteiger partial charge in [0.05, 0.1) is 0 Å². The van der Waals surface area contributed by atoms with E-state index in [0.717, 1.165) is 31.3 Å². The molecule has 0 aromatic heterocycles. The van der Waals surface area contributed by atoms with E-state index in [9.17, 15) is 0 Å². The van der Waals surface area contributed by atoms with Crippen molar-refractivity contribution in [2.75, 3.05) is 0 Å². The fourth-order valence-corrected chi connectivity index (χ4v) is 6.94. The van der Waals surface area contributed by atoms with Crippen molar-refractivity contribution in [1.29, 1.82) is 0 Å². The second-order valence-corrected chi connectivity index (χ2v) is 13.1. The first-order valence-electron chi connectivity index (χ1n) is 17.0. The van der Waals surface area contributed by atoms with Crippen molar-refractivity contribution in [3.8, 4) is 22.6 Å². The summed E-state index contributed by atoms with van der Waals surface area (Å²) < 4.78 is 21.5. The van der Waals surface area contributed by atoms with E-state index in [2.05, 4.69) is 91.1 Å². The van der Waals surface area contributed by atoms with Gasteiger partial charge in [0.1, 0.15) is 34.5 Å². The lowest BCUT2D eigenvalue weighted by atomic mass is 10.0. The Balaban J connectivity index is 0.00000141. The summed E-state index contributed by atoms with van der Waals surface area (Å²) in [6.45, 7) is 24.5. The van der Waals surface area contributed by atoms with E-state index in [1.165, 1.54) is 11.1 Å². The van der Waals surface area contributed by atoms with Crippen LogP contribution in [0.15, 0.2) is 182 Å². The van der Waals surface area contributed by atoms with Gasteiger partial charge in [-0.1, -0.05) is 166 Å². The predicted octanol–water partition coefficient (Wildman–Crippen LogP) is 14.1. The lowest BCUT2D eigenvalue weighted by Crippen LogP contribution is -2.01. The zero-order chi connectivity index (χ0) is 36.6. The fourth-order valence-electron chi connectivity index (χ4n) is 4.85. The third-order valence-electron chi connectivity index (χ3n) is 7.47. The molecule has 0 bridgehead atoms. The summed E-state index contributed by atoms with van der Waals surface area (Å²) in [5, 5.41) is 0. The van der Waals surface area contributed by atoms with Crippen molar-refractivity contribution in [3.63, 3.8) is 0 Å². The van der Waals surface area contributed by atoms with Crippen LogP contribution in [0.5, 0.6) is 11.5 Å². The number of benzene rings is 5. The lowest BCUT2D eigenvalue weighted by Gasteiger charge is -2.14. The SMILES string of the molecule is C=C(OC(=C)c1ccc(Oc2ccc(C(=C)OC(=C)c3ccc(-c4ccccc4)cc3)cc2)cc1)C1=IC=C(c2ccccc2)C=C1.CC.CC. The Bertz CT molecular complexity index is 2020. The molecule has 0 N–H and O–H groups in total. The van der Waals surface area contributed by atoms with Gasteiger partial charge in [-0.15, -0.1) is 0 Å². The molecule has 0 spiro atoms. The van der Waals surface area contributed by atoms with Gasteiger partial charge in [0.15, 0.2) is 0 Å². The summed E-state index contributed by atoms with van der Waals surface area (Å²) in [4.78, 5) is 0. The summed E-state index contributed by atoms with van der Waals surface area (Å²) in [5.74, 6) is 3.62. The molecule has 51 heavy (non-hydrogen) atoms. The Kier molecular flexibility index (Phi) is 14.8. The summed E-state index contributed by atoms with van der Waals surface area (Å²) >= 11 is -0.361. The van der Waals surface area contributed by atoms with Crippen molar-refractivity contribution >= 4 is 47.1 Å². The third-order valence-corrected chi connectivity index (χ3v) is 10.1. The Morgan fingerprint density at radius 3 is 1.25 bits per heavy atom. The van der Waals surface area contributed by atoms with E-state index < -0.39 is 0 Å². The maximum atomic E-state index is 6.08. The van der Waals surface area contributed by atoms with Crippen LogP contribution < -0.4 is 4.74 Å². The number of hydrogen-bond acceptors (Lipinski definition) is 3. The number of halogens is 1. The Labute approximate surface area is 314 Å². The number of ether oxygens (including phenoxy) is 3. The van der Waals surface area contributed by atoms with Crippen LogP contribution in [-0.4, -0.2) is 3.51 Å². The van der Waals surface area contributed by atoms with E-state index in [4.69, 9.17) is 14.2 Å². The van der Waals surface area contributed by atoms with E-state index >= 15 is 0 Å². The van der Waals surface area contributed by atoms with Crippen LogP contribution in [0.2, 0.25) is 0 Å². The van der Waals surface area contributed by atoms with Crippen molar-refractivity contribution in [2.24, 2.45) is 0 Å². The first-order valence-corrected chi connectivity index (χ1v) is 19.4. The molecule has 5 aromatic rings. The average Bonchev–Trinajstić information content (AvgIpc) is 3.20. The largest absolute Gasteiger partial charge is 0.457 e. The van der Waals surface area contributed by atoms with Gasteiger partial charge >= 0.3 is 0 Å². The highest BCUT2D eigenvalue weighted by Gasteiger charge is 2.11. The zero-order valence-electron chi connectivity index (χ0n) is 29.9. The fraction of sp³-hybridized carbons (Fsp3) is 0.0851. The van der Waals surface area contributed by atoms with Gasteiger partial charge in [-0.05, 0) is 81.0 Å². The molecule has 1 heterocycles. The number of rotatable bonds is 12. The maximum Gasteiger partial charge on any atom is 0.133 e. The standard InChI is InChI=1S/C43H33IO3.2C2H6/c1-30(34-15-17-39(18-16-34)37-11-7-5-8-12-37)45-31(2)35-19-24-41(25-20-35)47-42-26-21-36(22-27-42)32(3)46-33(4)43-28-23-40(29-44-43)38-13-9-6-10-14-38;2*1-2/h5-29H,1-4H2;2*1-2H3. The van der Waals surface area contributed by atoms with Crippen molar-refractivity contribution < 1.29 is 14.2 Å². The zero-order valence-corrected chi connectivity index (χ0v) is 32.0. The van der Waals surface area contributed by atoms with E-state index in [0.29, 0.717) is 34.5 Å². The molecule has 0 saturated heterocycles. The highest BCUT2D eigenvalue weighted by molar-refractivity contribution is 14.2. The summed E-state index contributed by atoms with van der Waals surface area (Å²) in [7, 11) is 0. The van der Waals surface area contributed by atoms with E-state index in [1.54, 1.807) is 0 Å². The van der Waals surface area contributed by atoms with Crippen LogP contribution in [0.25, 0.3) is 34.0 Å². The first kappa shape index (κ1) is 38.3. The molecule has 5 aromatic carbocycles. The molecule has 3 nitrogen and oxygen atoms in total. The van der Waals surface area contributed by atoms with Crippen LogP contribution in [0.3, 0.4) is 0 Å². The molecular weight excluding hydrogens is 739 g/mol. The van der Waals surface area contributed by atoms with Crippen LogP contribution in [0.4, 0.5) is 0 Å². The van der Waals surface area contributed by atoms with Crippen LogP contribution >= 0.6 is 20.7 Å².